The maximum Gasteiger partial charge on any atom is 0.247 e. The zero-order chi connectivity index (χ0) is 11.5. The third-order valence-corrected chi connectivity index (χ3v) is 2.24. The summed E-state index contributed by atoms with van der Waals surface area (Å²) in [6.07, 6.45) is 0.529. The highest BCUT2D eigenvalue weighted by atomic mass is 19.1. The fourth-order valence-corrected chi connectivity index (χ4v) is 1.32. The Balaban J connectivity index is 2.31. The van der Waals surface area contributed by atoms with Crippen molar-refractivity contribution in [2.45, 2.75) is 13.3 Å². The summed E-state index contributed by atoms with van der Waals surface area (Å²) in [5.74, 6) is 0.511. The minimum Gasteiger partial charge on any atom is -0.421 e. The Morgan fingerprint density at radius 3 is 2.88 bits per heavy atom. The zero-order valence-corrected chi connectivity index (χ0v) is 8.90. The lowest BCUT2D eigenvalue weighted by Gasteiger charge is -1.98. The van der Waals surface area contributed by atoms with Gasteiger partial charge in [0.25, 0.3) is 0 Å². The van der Waals surface area contributed by atoms with Crippen LogP contribution in [-0.2, 0) is 6.42 Å². The third-order valence-electron chi connectivity index (χ3n) is 2.24. The Morgan fingerprint density at radius 1 is 1.38 bits per heavy atom. The van der Waals surface area contributed by atoms with Crippen molar-refractivity contribution in [3.8, 4) is 11.5 Å². The molecule has 0 amide bonds. The maximum atomic E-state index is 13.3. The molecule has 1 aromatic carbocycles. The van der Waals surface area contributed by atoms with Gasteiger partial charge in [-0.25, -0.2) is 4.39 Å². The minimum absolute atomic E-state index is 0.281. The van der Waals surface area contributed by atoms with Crippen molar-refractivity contribution >= 4 is 0 Å². The molecule has 0 aliphatic heterocycles. The average molecular weight is 221 g/mol. The maximum absolute atomic E-state index is 13.3. The molecule has 0 aliphatic rings. The fraction of sp³-hybridized carbons (Fsp3) is 0.273. The quantitative estimate of drug-likeness (QED) is 0.856. The van der Waals surface area contributed by atoms with Gasteiger partial charge < -0.3 is 10.2 Å². The molecule has 0 bridgehead atoms. The van der Waals surface area contributed by atoms with Gasteiger partial charge in [-0.2, -0.15) is 0 Å². The molecule has 0 atom stereocenters. The van der Waals surface area contributed by atoms with Crippen LogP contribution in [0.2, 0.25) is 0 Å². The smallest absolute Gasteiger partial charge is 0.247 e. The molecular weight excluding hydrogens is 209 g/mol. The summed E-state index contributed by atoms with van der Waals surface area (Å²) in [5.41, 5.74) is 6.54. The van der Waals surface area contributed by atoms with Crippen molar-refractivity contribution in [2.24, 2.45) is 5.73 Å². The lowest BCUT2D eigenvalue weighted by atomic mass is 10.1. The Hall–Kier alpha value is -1.75. The first-order valence-corrected chi connectivity index (χ1v) is 4.99. The van der Waals surface area contributed by atoms with E-state index in [2.05, 4.69) is 10.2 Å². The molecule has 2 N–H and O–H groups in total. The van der Waals surface area contributed by atoms with E-state index in [0.717, 1.165) is 0 Å². The average Bonchev–Trinajstić information content (AvgIpc) is 2.71. The molecule has 0 spiro atoms. The number of aromatic nitrogens is 2. The van der Waals surface area contributed by atoms with E-state index >= 15 is 0 Å². The second-order valence-electron chi connectivity index (χ2n) is 3.50. The summed E-state index contributed by atoms with van der Waals surface area (Å²) >= 11 is 0. The minimum atomic E-state index is -0.281. The summed E-state index contributed by atoms with van der Waals surface area (Å²) in [6, 6.07) is 4.81. The molecule has 0 unspecified atom stereocenters. The number of hydrogen-bond acceptors (Lipinski definition) is 4. The SMILES string of the molecule is Cc1ccc(-c2nnc(CCN)o2)cc1F. The normalized spacial score (nSPS) is 10.7. The van der Waals surface area contributed by atoms with Crippen LogP contribution >= 0.6 is 0 Å². The summed E-state index contributed by atoms with van der Waals surface area (Å²) in [6.45, 7) is 2.15. The molecule has 0 saturated heterocycles. The van der Waals surface area contributed by atoms with Crippen molar-refractivity contribution in [2.75, 3.05) is 6.54 Å². The van der Waals surface area contributed by atoms with Crippen molar-refractivity contribution in [1.82, 2.24) is 10.2 Å². The number of nitrogens with two attached hydrogens (primary N) is 1. The molecular formula is C11H12FN3O. The van der Waals surface area contributed by atoms with Gasteiger partial charge in [0.1, 0.15) is 5.82 Å². The molecule has 1 aromatic heterocycles. The van der Waals surface area contributed by atoms with Gasteiger partial charge in [-0.05, 0) is 24.6 Å². The molecule has 0 aliphatic carbocycles. The van der Waals surface area contributed by atoms with Gasteiger partial charge in [-0.3, -0.25) is 0 Å². The summed E-state index contributed by atoms with van der Waals surface area (Å²) in [5, 5.41) is 7.65. The van der Waals surface area contributed by atoms with E-state index in [-0.39, 0.29) is 5.82 Å². The van der Waals surface area contributed by atoms with Gasteiger partial charge in [-0.1, -0.05) is 6.07 Å². The van der Waals surface area contributed by atoms with E-state index < -0.39 is 0 Å². The highest BCUT2D eigenvalue weighted by molar-refractivity contribution is 5.53. The van der Waals surface area contributed by atoms with Gasteiger partial charge in [0, 0.05) is 18.5 Å². The van der Waals surface area contributed by atoms with Crippen LogP contribution in [0.25, 0.3) is 11.5 Å². The van der Waals surface area contributed by atoms with Crippen LogP contribution in [0.1, 0.15) is 11.5 Å². The zero-order valence-electron chi connectivity index (χ0n) is 8.90. The van der Waals surface area contributed by atoms with E-state index in [0.29, 0.717) is 35.9 Å². The standard InChI is InChI=1S/C11H12FN3O/c1-7-2-3-8(6-9(7)12)11-15-14-10(16-11)4-5-13/h2-3,6H,4-5,13H2,1H3. The van der Waals surface area contributed by atoms with Crippen molar-refractivity contribution in [1.29, 1.82) is 0 Å². The van der Waals surface area contributed by atoms with Crippen LogP contribution in [-0.4, -0.2) is 16.7 Å². The number of rotatable bonds is 3. The first-order chi connectivity index (χ1) is 7.70. The molecule has 84 valence electrons. The summed E-state index contributed by atoms with van der Waals surface area (Å²) < 4.78 is 18.6. The van der Waals surface area contributed by atoms with E-state index in [1.165, 1.54) is 6.07 Å². The van der Waals surface area contributed by atoms with Crippen LogP contribution in [0.5, 0.6) is 0 Å². The first kappa shape index (κ1) is 10.8. The van der Waals surface area contributed by atoms with Crippen LogP contribution < -0.4 is 5.73 Å². The molecule has 0 radical (unpaired) electrons. The molecule has 2 aromatic rings. The molecule has 5 heteroatoms. The number of halogens is 1. The Kier molecular flexibility index (Phi) is 2.96. The van der Waals surface area contributed by atoms with Crippen molar-refractivity contribution in [3.05, 3.63) is 35.5 Å². The Morgan fingerprint density at radius 2 is 2.19 bits per heavy atom. The second-order valence-corrected chi connectivity index (χ2v) is 3.50. The number of benzene rings is 1. The highest BCUT2D eigenvalue weighted by Crippen LogP contribution is 2.20. The number of aryl methyl sites for hydroxylation is 1. The van der Waals surface area contributed by atoms with Gasteiger partial charge in [-0.15, -0.1) is 10.2 Å². The van der Waals surface area contributed by atoms with Gasteiger partial charge in [0.2, 0.25) is 11.8 Å². The monoisotopic (exact) mass is 221 g/mol. The third kappa shape index (κ3) is 2.09. The predicted molar refractivity (Wildman–Crippen MR) is 57.2 cm³/mol. The molecule has 16 heavy (non-hydrogen) atoms. The van der Waals surface area contributed by atoms with E-state index in [1.807, 2.05) is 0 Å². The highest BCUT2D eigenvalue weighted by Gasteiger charge is 2.09. The predicted octanol–water partition coefficient (Wildman–Crippen LogP) is 1.69. The largest absolute Gasteiger partial charge is 0.421 e. The molecule has 1 heterocycles. The lowest BCUT2D eigenvalue weighted by molar-refractivity contribution is 0.506. The van der Waals surface area contributed by atoms with Gasteiger partial charge in [0.05, 0.1) is 0 Å². The summed E-state index contributed by atoms with van der Waals surface area (Å²) in [4.78, 5) is 0. The van der Waals surface area contributed by atoms with Gasteiger partial charge >= 0.3 is 0 Å². The van der Waals surface area contributed by atoms with Gasteiger partial charge in [0.15, 0.2) is 0 Å². The van der Waals surface area contributed by atoms with Crippen molar-refractivity contribution in [3.63, 3.8) is 0 Å². The van der Waals surface area contributed by atoms with Crippen LogP contribution in [0.3, 0.4) is 0 Å². The topological polar surface area (TPSA) is 64.9 Å². The molecule has 0 saturated carbocycles. The second kappa shape index (κ2) is 4.40. The first-order valence-electron chi connectivity index (χ1n) is 4.99. The Labute approximate surface area is 92.3 Å². The fourth-order valence-electron chi connectivity index (χ4n) is 1.32. The van der Waals surface area contributed by atoms with E-state index in [1.54, 1.807) is 19.1 Å². The van der Waals surface area contributed by atoms with Crippen molar-refractivity contribution < 1.29 is 8.81 Å². The van der Waals surface area contributed by atoms with Crippen LogP contribution in [0.4, 0.5) is 4.39 Å². The lowest BCUT2D eigenvalue weighted by Crippen LogP contribution is -2.02. The summed E-state index contributed by atoms with van der Waals surface area (Å²) in [7, 11) is 0. The molecule has 2 rings (SSSR count). The molecule has 4 nitrogen and oxygen atoms in total. The molecule has 0 fully saturated rings. The number of nitrogens with zero attached hydrogens (tertiary/aromatic N) is 2. The van der Waals surface area contributed by atoms with E-state index in [4.69, 9.17) is 10.2 Å². The van der Waals surface area contributed by atoms with E-state index in [9.17, 15) is 4.39 Å². The van der Waals surface area contributed by atoms with Crippen LogP contribution in [0.15, 0.2) is 22.6 Å². The Bertz CT molecular complexity index is 496. The van der Waals surface area contributed by atoms with Crippen LogP contribution in [0, 0.1) is 12.7 Å². The number of hydrogen-bond donors (Lipinski definition) is 1.